The zero-order chi connectivity index (χ0) is 14.0. The summed E-state index contributed by atoms with van der Waals surface area (Å²) >= 11 is 0. The molecule has 1 aliphatic heterocycles. The molecule has 1 aromatic carbocycles. The first-order valence-electron chi connectivity index (χ1n) is 5.79. The number of anilines is 1. The van der Waals surface area contributed by atoms with Gasteiger partial charge in [0, 0.05) is 6.04 Å². The van der Waals surface area contributed by atoms with Crippen molar-refractivity contribution in [1.82, 2.24) is 0 Å². The van der Waals surface area contributed by atoms with E-state index in [2.05, 4.69) is 5.32 Å². The number of hydrogen-bond acceptors (Lipinski definition) is 5. The minimum atomic E-state index is -3.12. The van der Waals surface area contributed by atoms with E-state index in [0.717, 1.165) is 6.07 Å². The number of sulfone groups is 1. The third-order valence-corrected chi connectivity index (χ3v) is 4.81. The van der Waals surface area contributed by atoms with E-state index in [9.17, 15) is 22.9 Å². The first kappa shape index (κ1) is 13.7. The molecule has 0 bridgehead atoms. The smallest absolute Gasteiger partial charge is 0.327 e. The molecule has 6 nitrogen and oxygen atoms in total. The largest absolute Gasteiger partial charge is 0.376 e. The maximum atomic E-state index is 13.4. The lowest BCUT2D eigenvalue weighted by Gasteiger charge is -2.23. The van der Waals surface area contributed by atoms with Gasteiger partial charge in [-0.25, -0.2) is 8.42 Å². The number of nitro groups is 1. The minimum Gasteiger partial charge on any atom is -0.376 e. The Morgan fingerprint density at radius 3 is 2.79 bits per heavy atom. The molecular formula is C11H13FN2O4S. The van der Waals surface area contributed by atoms with E-state index in [1.807, 2.05) is 0 Å². The molecule has 1 aromatic rings. The van der Waals surface area contributed by atoms with Crippen LogP contribution in [0.1, 0.15) is 12.8 Å². The summed E-state index contributed by atoms with van der Waals surface area (Å²) in [6.45, 7) is 0. The van der Waals surface area contributed by atoms with Crippen molar-refractivity contribution in [3.8, 4) is 0 Å². The monoisotopic (exact) mass is 288 g/mol. The lowest BCUT2D eigenvalue weighted by atomic mass is 10.1. The molecule has 1 aliphatic rings. The van der Waals surface area contributed by atoms with Crippen LogP contribution >= 0.6 is 0 Å². The first-order valence-corrected chi connectivity index (χ1v) is 7.61. The van der Waals surface area contributed by atoms with Crippen LogP contribution in [-0.2, 0) is 9.84 Å². The van der Waals surface area contributed by atoms with Gasteiger partial charge in [-0.05, 0) is 25.0 Å². The van der Waals surface area contributed by atoms with E-state index in [1.54, 1.807) is 0 Å². The molecule has 1 saturated heterocycles. The molecule has 1 unspecified atom stereocenters. The highest BCUT2D eigenvalue weighted by Gasteiger charge is 2.27. The van der Waals surface area contributed by atoms with Gasteiger partial charge in [-0.2, -0.15) is 4.39 Å². The molecule has 1 N–H and O–H groups in total. The van der Waals surface area contributed by atoms with Crippen molar-refractivity contribution in [3.63, 3.8) is 0 Å². The van der Waals surface area contributed by atoms with E-state index in [4.69, 9.17) is 0 Å². The molecule has 1 atom stereocenters. The summed E-state index contributed by atoms with van der Waals surface area (Å²) in [5.74, 6) is -0.884. The highest BCUT2D eigenvalue weighted by Crippen LogP contribution is 2.29. The summed E-state index contributed by atoms with van der Waals surface area (Å²) in [5.41, 5.74) is -0.627. The molecule has 0 spiro atoms. The lowest BCUT2D eigenvalue weighted by Crippen LogP contribution is -2.35. The Balaban J connectivity index is 2.24. The van der Waals surface area contributed by atoms with Gasteiger partial charge in [0.2, 0.25) is 5.82 Å². The molecule has 0 aromatic heterocycles. The molecule has 0 aliphatic carbocycles. The minimum absolute atomic E-state index is 0.0205. The number of hydrogen-bond donors (Lipinski definition) is 1. The predicted molar refractivity (Wildman–Crippen MR) is 68.4 cm³/mol. The molecular weight excluding hydrogens is 275 g/mol. The summed E-state index contributed by atoms with van der Waals surface area (Å²) in [6, 6.07) is 3.31. The van der Waals surface area contributed by atoms with Gasteiger partial charge in [-0.3, -0.25) is 10.1 Å². The number of benzene rings is 1. The van der Waals surface area contributed by atoms with Crippen molar-refractivity contribution in [2.24, 2.45) is 0 Å². The second-order valence-corrected chi connectivity index (χ2v) is 6.72. The Kier molecular flexibility index (Phi) is 3.70. The van der Waals surface area contributed by atoms with Gasteiger partial charge < -0.3 is 5.32 Å². The van der Waals surface area contributed by atoms with Crippen molar-refractivity contribution in [3.05, 3.63) is 34.1 Å². The van der Waals surface area contributed by atoms with E-state index in [0.29, 0.717) is 12.8 Å². The quantitative estimate of drug-likeness (QED) is 0.675. The van der Waals surface area contributed by atoms with Crippen LogP contribution in [0.25, 0.3) is 0 Å². The van der Waals surface area contributed by atoms with Crippen LogP contribution in [0.3, 0.4) is 0 Å². The Labute approximate surface area is 109 Å². The Morgan fingerprint density at radius 2 is 2.16 bits per heavy atom. The zero-order valence-electron chi connectivity index (χ0n) is 10.0. The highest BCUT2D eigenvalue weighted by molar-refractivity contribution is 7.91. The van der Waals surface area contributed by atoms with E-state index in [-0.39, 0.29) is 17.2 Å². The van der Waals surface area contributed by atoms with Crippen molar-refractivity contribution in [1.29, 1.82) is 0 Å². The van der Waals surface area contributed by atoms with Crippen molar-refractivity contribution in [2.45, 2.75) is 18.9 Å². The third kappa shape index (κ3) is 3.19. The van der Waals surface area contributed by atoms with Crippen LogP contribution in [0, 0.1) is 15.9 Å². The summed E-state index contributed by atoms with van der Waals surface area (Å²) in [6.07, 6.45) is 1.09. The van der Waals surface area contributed by atoms with Gasteiger partial charge in [-0.15, -0.1) is 0 Å². The molecule has 19 heavy (non-hydrogen) atoms. The molecule has 0 amide bonds. The molecule has 1 heterocycles. The van der Waals surface area contributed by atoms with Crippen molar-refractivity contribution < 1.29 is 17.7 Å². The van der Waals surface area contributed by atoms with Crippen LogP contribution in [0.2, 0.25) is 0 Å². The van der Waals surface area contributed by atoms with Crippen LogP contribution in [-0.4, -0.2) is 30.9 Å². The van der Waals surface area contributed by atoms with Gasteiger partial charge in [0.05, 0.1) is 16.4 Å². The highest BCUT2D eigenvalue weighted by atomic mass is 32.2. The van der Waals surface area contributed by atoms with E-state index >= 15 is 0 Å². The fourth-order valence-electron chi connectivity index (χ4n) is 2.17. The number of para-hydroxylation sites is 1. The number of nitro benzene ring substituents is 1. The molecule has 2 rings (SSSR count). The second-order valence-electron chi connectivity index (χ2n) is 4.49. The maximum Gasteiger partial charge on any atom is 0.327 e. The number of rotatable bonds is 3. The van der Waals surface area contributed by atoms with Gasteiger partial charge in [0.25, 0.3) is 0 Å². The normalized spacial score (nSPS) is 21.8. The molecule has 0 saturated carbocycles. The Bertz CT molecular complexity index is 603. The Hall–Kier alpha value is -1.70. The van der Waals surface area contributed by atoms with Crippen LogP contribution < -0.4 is 5.32 Å². The SMILES string of the molecule is O=[N+]([O-])c1c(F)cccc1NC1CCCS(=O)(=O)C1. The molecule has 104 valence electrons. The molecule has 0 radical (unpaired) electrons. The van der Waals surface area contributed by atoms with Gasteiger partial charge in [-0.1, -0.05) is 6.07 Å². The first-order chi connectivity index (χ1) is 8.89. The Morgan fingerprint density at radius 1 is 1.42 bits per heavy atom. The summed E-state index contributed by atoms with van der Waals surface area (Å²) < 4.78 is 36.4. The van der Waals surface area contributed by atoms with Gasteiger partial charge in [0.1, 0.15) is 5.69 Å². The van der Waals surface area contributed by atoms with Gasteiger partial charge in [0.15, 0.2) is 9.84 Å². The fourth-order valence-corrected chi connectivity index (χ4v) is 3.81. The second kappa shape index (κ2) is 5.12. The predicted octanol–water partition coefficient (Wildman–Crippen LogP) is 1.72. The standard InChI is InChI=1S/C11H13FN2O4S/c12-9-4-1-5-10(11(9)14(15)16)13-8-3-2-6-19(17,18)7-8/h1,4-5,8,13H,2-3,6-7H2. The van der Waals surface area contributed by atoms with Gasteiger partial charge >= 0.3 is 5.69 Å². The third-order valence-electron chi connectivity index (χ3n) is 2.99. The summed E-state index contributed by atoms with van der Waals surface area (Å²) in [5, 5.41) is 13.6. The fraction of sp³-hybridized carbons (Fsp3) is 0.455. The topological polar surface area (TPSA) is 89.3 Å². The maximum absolute atomic E-state index is 13.4. The van der Waals surface area contributed by atoms with Crippen molar-refractivity contribution in [2.75, 3.05) is 16.8 Å². The van der Waals surface area contributed by atoms with Crippen LogP contribution in [0.15, 0.2) is 18.2 Å². The molecule has 8 heteroatoms. The average molecular weight is 288 g/mol. The average Bonchev–Trinajstić information content (AvgIpc) is 2.26. The van der Waals surface area contributed by atoms with Crippen LogP contribution in [0.4, 0.5) is 15.8 Å². The zero-order valence-corrected chi connectivity index (χ0v) is 10.8. The summed E-state index contributed by atoms with van der Waals surface area (Å²) in [4.78, 5) is 10.0. The lowest BCUT2D eigenvalue weighted by molar-refractivity contribution is -0.386. The molecule has 1 fully saturated rings. The summed E-state index contributed by atoms with van der Waals surface area (Å²) in [7, 11) is -3.12. The number of nitrogens with one attached hydrogen (secondary N) is 1. The number of halogens is 1. The van der Waals surface area contributed by atoms with E-state index < -0.39 is 32.3 Å². The van der Waals surface area contributed by atoms with Crippen molar-refractivity contribution >= 4 is 21.2 Å². The van der Waals surface area contributed by atoms with E-state index in [1.165, 1.54) is 12.1 Å². The number of nitrogens with zero attached hydrogens (tertiary/aromatic N) is 1. The van der Waals surface area contributed by atoms with Crippen LogP contribution in [0.5, 0.6) is 0 Å².